The highest BCUT2D eigenvalue weighted by Crippen LogP contribution is 2.38. The Labute approximate surface area is 165 Å². The molecule has 154 valence electrons. The Bertz CT molecular complexity index is 659. The van der Waals surface area contributed by atoms with Crippen LogP contribution in [0.5, 0.6) is 5.75 Å². The summed E-state index contributed by atoms with van der Waals surface area (Å²) in [6, 6.07) is 5.70. The van der Waals surface area contributed by atoms with Crippen LogP contribution in [0.2, 0.25) is 0 Å². The van der Waals surface area contributed by atoms with Crippen LogP contribution in [0.3, 0.4) is 0 Å². The molecule has 2 N–H and O–H groups in total. The minimum Gasteiger partial charge on any atom is -0.755 e. The molecule has 27 heavy (non-hydrogen) atoms. The highest BCUT2D eigenvalue weighted by molar-refractivity contribution is 7.77. The molecule has 0 heterocycles. The van der Waals surface area contributed by atoms with Crippen LogP contribution in [-0.4, -0.2) is 27.9 Å². The number of rotatable bonds is 10. The Hall–Kier alpha value is -1.60. The number of carbonyl (C=O) groups excluding carboxylic acids is 1. The summed E-state index contributed by atoms with van der Waals surface area (Å²) in [6.07, 6.45) is 2.63. The average Bonchev–Trinajstić information content (AvgIpc) is 2.60. The van der Waals surface area contributed by atoms with Gasteiger partial charge in [0.25, 0.3) is 0 Å². The fourth-order valence-electron chi connectivity index (χ4n) is 2.57. The van der Waals surface area contributed by atoms with E-state index >= 15 is 0 Å². The Morgan fingerprint density at radius 3 is 2.33 bits per heavy atom. The molecule has 0 radical (unpaired) electrons. The Kier molecular flexibility index (Phi) is 8.75. The lowest BCUT2D eigenvalue weighted by Crippen LogP contribution is -2.37. The highest BCUT2D eigenvalue weighted by Gasteiger charge is 2.26. The van der Waals surface area contributed by atoms with Gasteiger partial charge in [-0.1, -0.05) is 53.7 Å². The molecule has 0 spiro atoms. The molecule has 7 heteroatoms. The van der Waals surface area contributed by atoms with E-state index in [1.807, 2.05) is 6.07 Å². The minimum atomic E-state index is -2.60. The van der Waals surface area contributed by atoms with Crippen molar-refractivity contribution in [2.45, 2.75) is 71.6 Å². The number of ether oxygens (including phenoxy) is 1. The maximum atomic E-state index is 11.2. The molecule has 0 fully saturated rings. The van der Waals surface area contributed by atoms with E-state index < -0.39 is 17.3 Å². The van der Waals surface area contributed by atoms with E-state index in [9.17, 15) is 13.6 Å². The van der Waals surface area contributed by atoms with Crippen molar-refractivity contribution in [2.75, 3.05) is 13.2 Å². The van der Waals surface area contributed by atoms with Gasteiger partial charge in [0.15, 0.2) is 0 Å². The smallest absolute Gasteiger partial charge is 0.325 e. The monoisotopic (exact) mass is 397 g/mol. The molecule has 2 amide bonds. The van der Waals surface area contributed by atoms with Gasteiger partial charge in [-0.15, -0.1) is 0 Å². The lowest BCUT2D eigenvalue weighted by atomic mass is 9.76. The van der Waals surface area contributed by atoms with E-state index in [0.717, 1.165) is 18.6 Å². The standard InChI is InChI=1S/C20H34N2O4S/c1-7-19(3,4)15-10-11-17(16(14-15)20(5,6)8-2)26-13-9-12-21-18(23)22-27(24)25/h10-11,14H,7-9,12-13H2,1-6H3,(H,24,25)(H2,21,22,23)/p-1. The SMILES string of the molecule is CCC(C)(C)c1ccc(OCCCNC(=O)NS(=O)[O-])c(C(C)(C)CC)c1. The van der Waals surface area contributed by atoms with E-state index in [1.54, 1.807) is 4.72 Å². The minimum absolute atomic E-state index is 0.00844. The predicted molar refractivity (Wildman–Crippen MR) is 109 cm³/mol. The number of hydrogen-bond donors (Lipinski definition) is 2. The van der Waals surface area contributed by atoms with E-state index in [-0.39, 0.29) is 10.8 Å². The van der Waals surface area contributed by atoms with Gasteiger partial charge in [-0.25, -0.2) is 4.79 Å². The van der Waals surface area contributed by atoms with E-state index in [2.05, 4.69) is 59.0 Å². The van der Waals surface area contributed by atoms with E-state index in [0.29, 0.717) is 19.6 Å². The van der Waals surface area contributed by atoms with Crippen molar-refractivity contribution >= 4 is 17.3 Å². The molecule has 0 saturated carbocycles. The van der Waals surface area contributed by atoms with Gasteiger partial charge in [0.2, 0.25) is 0 Å². The quantitative estimate of drug-likeness (QED) is 0.462. The van der Waals surface area contributed by atoms with Crippen molar-refractivity contribution in [1.29, 1.82) is 0 Å². The molecule has 0 aromatic heterocycles. The van der Waals surface area contributed by atoms with Crippen LogP contribution in [0.4, 0.5) is 4.79 Å². The molecule has 1 unspecified atom stereocenters. The third-order valence-corrected chi connectivity index (χ3v) is 5.65. The Morgan fingerprint density at radius 2 is 1.78 bits per heavy atom. The zero-order valence-electron chi connectivity index (χ0n) is 17.3. The lowest BCUT2D eigenvalue weighted by molar-refractivity contribution is 0.243. The van der Waals surface area contributed by atoms with Crippen molar-refractivity contribution in [2.24, 2.45) is 0 Å². The summed E-state index contributed by atoms with van der Waals surface area (Å²) in [5, 5.41) is 2.47. The first kappa shape index (κ1) is 23.4. The second-order valence-corrected chi connectivity index (χ2v) is 8.65. The number of carbonyl (C=O) groups is 1. The summed E-state index contributed by atoms with van der Waals surface area (Å²) in [5.74, 6) is 0.864. The van der Waals surface area contributed by atoms with Gasteiger partial charge >= 0.3 is 6.03 Å². The first-order valence-electron chi connectivity index (χ1n) is 9.45. The highest BCUT2D eigenvalue weighted by atomic mass is 32.2. The van der Waals surface area contributed by atoms with Crippen LogP contribution >= 0.6 is 0 Å². The maximum Gasteiger partial charge on any atom is 0.325 e. The number of hydrogen-bond acceptors (Lipinski definition) is 4. The van der Waals surface area contributed by atoms with Gasteiger partial charge in [0.05, 0.1) is 6.61 Å². The molecular weight excluding hydrogens is 364 g/mol. The zero-order chi connectivity index (χ0) is 20.7. The zero-order valence-corrected chi connectivity index (χ0v) is 18.1. The van der Waals surface area contributed by atoms with Crippen LogP contribution in [0, 0.1) is 0 Å². The van der Waals surface area contributed by atoms with Gasteiger partial charge in [-0.3, -0.25) is 8.93 Å². The number of amides is 2. The molecule has 0 aliphatic rings. The van der Waals surface area contributed by atoms with Crippen molar-refractivity contribution in [3.63, 3.8) is 0 Å². The summed E-state index contributed by atoms with van der Waals surface area (Å²) < 4.78 is 28.5. The fraction of sp³-hybridized carbons (Fsp3) is 0.650. The molecule has 1 aromatic rings. The molecule has 0 saturated heterocycles. The summed E-state index contributed by atoms with van der Waals surface area (Å²) in [4.78, 5) is 11.2. The van der Waals surface area contributed by atoms with Gasteiger partial charge in [-0.05, 0) is 41.7 Å². The molecule has 1 rings (SSSR count). The molecule has 1 atom stereocenters. The number of benzene rings is 1. The molecule has 0 aliphatic carbocycles. The van der Waals surface area contributed by atoms with Gasteiger partial charge < -0.3 is 14.6 Å². The van der Waals surface area contributed by atoms with E-state index in [1.165, 1.54) is 11.1 Å². The first-order valence-corrected chi connectivity index (χ1v) is 10.5. The third kappa shape index (κ3) is 7.14. The average molecular weight is 398 g/mol. The summed E-state index contributed by atoms with van der Waals surface area (Å²) in [6.45, 7) is 14.1. The predicted octanol–water partition coefficient (Wildman–Crippen LogP) is 3.92. The normalized spacial score (nSPS) is 13.1. The van der Waals surface area contributed by atoms with Crippen molar-refractivity contribution < 1.29 is 18.3 Å². The molecule has 0 aliphatic heterocycles. The number of urea groups is 1. The lowest BCUT2D eigenvalue weighted by Gasteiger charge is -2.30. The second kappa shape index (κ2) is 10.1. The van der Waals surface area contributed by atoms with Crippen LogP contribution in [0.25, 0.3) is 0 Å². The van der Waals surface area contributed by atoms with Crippen LogP contribution < -0.4 is 14.8 Å². The third-order valence-electron chi connectivity index (χ3n) is 5.30. The van der Waals surface area contributed by atoms with Crippen LogP contribution in [-0.2, 0) is 22.1 Å². The molecule has 1 aromatic carbocycles. The summed E-state index contributed by atoms with van der Waals surface area (Å²) in [7, 11) is 0. The van der Waals surface area contributed by atoms with Crippen LogP contribution in [0.15, 0.2) is 18.2 Å². The molecule has 6 nitrogen and oxygen atoms in total. The largest absolute Gasteiger partial charge is 0.755 e. The first-order chi connectivity index (χ1) is 12.5. The Morgan fingerprint density at radius 1 is 1.15 bits per heavy atom. The molecular formula is C20H33N2O4S-. The summed E-state index contributed by atoms with van der Waals surface area (Å²) >= 11 is -2.60. The van der Waals surface area contributed by atoms with Crippen molar-refractivity contribution in [3.8, 4) is 5.75 Å². The van der Waals surface area contributed by atoms with Crippen LogP contribution in [0.1, 0.15) is 71.9 Å². The maximum absolute atomic E-state index is 11.2. The van der Waals surface area contributed by atoms with E-state index in [4.69, 9.17) is 4.74 Å². The number of nitrogens with one attached hydrogen (secondary N) is 2. The van der Waals surface area contributed by atoms with Gasteiger partial charge in [0, 0.05) is 23.4 Å². The van der Waals surface area contributed by atoms with Crippen molar-refractivity contribution in [1.82, 2.24) is 10.0 Å². The van der Waals surface area contributed by atoms with Gasteiger partial charge in [0.1, 0.15) is 5.75 Å². The summed E-state index contributed by atoms with van der Waals surface area (Å²) in [5.41, 5.74) is 2.59. The molecule has 0 bridgehead atoms. The van der Waals surface area contributed by atoms with Crippen molar-refractivity contribution in [3.05, 3.63) is 29.3 Å². The second-order valence-electron chi connectivity index (χ2n) is 7.98. The Balaban J connectivity index is 2.79. The van der Waals surface area contributed by atoms with Gasteiger partial charge in [-0.2, -0.15) is 0 Å². The topological polar surface area (TPSA) is 90.5 Å². The fourth-order valence-corrected chi connectivity index (χ4v) is 2.79.